The highest BCUT2D eigenvalue weighted by Crippen LogP contribution is 2.24. The van der Waals surface area contributed by atoms with E-state index in [0.717, 1.165) is 16.7 Å². The third-order valence-corrected chi connectivity index (χ3v) is 2.50. The summed E-state index contributed by atoms with van der Waals surface area (Å²) in [7, 11) is 0. The van der Waals surface area contributed by atoms with Gasteiger partial charge in [-0.1, -0.05) is 0 Å². The number of fused-ring (bicyclic) bond motifs is 1. The largest absolute Gasteiger partial charge is 0.480 e. The summed E-state index contributed by atoms with van der Waals surface area (Å²) < 4.78 is 27.2. The van der Waals surface area contributed by atoms with E-state index < -0.39 is 23.6 Å². The molecule has 1 heterocycles. The normalized spacial score (nSPS) is 12.9. The number of anilines is 1. The molecular weight excluding hydrogens is 232 g/mol. The molecule has 0 amide bonds. The van der Waals surface area contributed by atoms with E-state index in [1.54, 1.807) is 0 Å². The molecule has 0 saturated carbocycles. The molecule has 0 saturated heterocycles. The molecule has 1 atom stereocenters. The number of carboxylic acid groups (broad SMARTS) is 1. The Kier molecular flexibility index (Phi) is 2.45. The molecule has 17 heavy (non-hydrogen) atoms. The highest BCUT2D eigenvalue weighted by atomic mass is 19.2. The zero-order valence-electron chi connectivity index (χ0n) is 8.82. The van der Waals surface area contributed by atoms with Gasteiger partial charge in [0.25, 0.3) is 0 Å². The summed E-state index contributed by atoms with van der Waals surface area (Å²) in [5.41, 5.74) is 5.81. The molecule has 2 aromatic rings. The number of carboxylic acids is 1. The number of carbonyl (C=O) groups is 1. The average Bonchev–Trinajstić information content (AvgIpc) is 2.53. The number of nitrogen functional groups attached to an aromatic ring is 1. The van der Waals surface area contributed by atoms with Crippen LogP contribution in [0.25, 0.3) is 11.0 Å². The van der Waals surface area contributed by atoms with Crippen molar-refractivity contribution in [3.63, 3.8) is 0 Å². The first-order valence-electron chi connectivity index (χ1n) is 4.77. The minimum absolute atomic E-state index is 0.0973. The summed E-state index contributed by atoms with van der Waals surface area (Å²) in [5.74, 6) is -3.36. The lowest BCUT2D eigenvalue weighted by Gasteiger charge is -2.10. The highest BCUT2D eigenvalue weighted by Gasteiger charge is 2.20. The summed E-state index contributed by atoms with van der Waals surface area (Å²) in [4.78, 5) is 14.7. The smallest absolute Gasteiger partial charge is 0.326 e. The highest BCUT2D eigenvalue weighted by molar-refractivity contribution is 5.82. The van der Waals surface area contributed by atoms with Crippen LogP contribution < -0.4 is 5.73 Å². The van der Waals surface area contributed by atoms with Crippen molar-refractivity contribution in [1.29, 1.82) is 0 Å². The fourth-order valence-electron chi connectivity index (χ4n) is 1.63. The van der Waals surface area contributed by atoms with Crippen molar-refractivity contribution in [2.75, 3.05) is 5.73 Å². The Bertz CT molecular complexity index is 609. The SMILES string of the molecule is CC(C(=O)O)n1c(N)nc2cc(F)c(F)cc21. The second-order valence-electron chi connectivity index (χ2n) is 3.61. The van der Waals surface area contributed by atoms with Crippen molar-refractivity contribution < 1.29 is 18.7 Å². The third-order valence-electron chi connectivity index (χ3n) is 2.50. The zero-order chi connectivity index (χ0) is 12.7. The van der Waals surface area contributed by atoms with E-state index in [2.05, 4.69) is 4.98 Å². The maximum absolute atomic E-state index is 13.1. The van der Waals surface area contributed by atoms with Crippen molar-refractivity contribution >= 4 is 23.0 Å². The number of benzene rings is 1. The van der Waals surface area contributed by atoms with E-state index >= 15 is 0 Å². The molecule has 0 radical (unpaired) electrons. The molecular formula is C10H9F2N3O2. The van der Waals surface area contributed by atoms with Crippen LogP contribution in [0.1, 0.15) is 13.0 Å². The Morgan fingerprint density at radius 1 is 1.47 bits per heavy atom. The fourth-order valence-corrected chi connectivity index (χ4v) is 1.63. The van der Waals surface area contributed by atoms with Gasteiger partial charge in [0.1, 0.15) is 6.04 Å². The minimum atomic E-state index is -1.14. The maximum Gasteiger partial charge on any atom is 0.326 e. The maximum atomic E-state index is 13.1. The van der Waals surface area contributed by atoms with Crippen LogP contribution in [0.15, 0.2) is 12.1 Å². The van der Waals surface area contributed by atoms with Gasteiger partial charge in [0.05, 0.1) is 11.0 Å². The Hall–Kier alpha value is -2.18. The Morgan fingerprint density at radius 2 is 2.06 bits per heavy atom. The summed E-state index contributed by atoms with van der Waals surface area (Å²) >= 11 is 0. The third kappa shape index (κ3) is 1.69. The van der Waals surface area contributed by atoms with E-state index in [-0.39, 0.29) is 17.0 Å². The fraction of sp³-hybridized carbons (Fsp3) is 0.200. The van der Waals surface area contributed by atoms with Crippen molar-refractivity contribution in [1.82, 2.24) is 9.55 Å². The quantitative estimate of drug-likeness (QED) is 0.835. The number of halogens is 2. The van der Waals surface area contributed by atoms with Gasteiger partial charge >= 0.3 is 5.97 Å². The van der Waals surface area contributed by atoms with Gasteiger partial charge in [0, 0.05) is 12.1 Å². The first-order valence-corrected chi connectivity index (χ1v) is 4.77. The molecule has 0 spiro atoms. The average molecular weight is 241 g/mol. The van der Waals surface area contributed by atoms with Crippen molar-refractivity contribution in [3.05, 3.63) is 23.8 Å². The molecule has 0 aliphatic rings. The van der Waals surface area contributed by atoms with Crippen molar-refractivity contribution in [3.8, 4) is 0 Å². The van der Waals surface area contributed by atoms with Crippen LogP contribution in [0.2, 0.25) is 0 Å². The number of nitrogens with zero attached hydrogens (tertiary/aromatic N) is 2. The number of hydrogen-bond acceptors (Lipinski definition) is 3. The predicted octanol–water partition coefficient (Wildman–Crippen LogP) is 1.54. The molecule has 0 bridgehead atoms. The van der Waals surface area contributed by atoms with E-state index in [0.29, 0.717) is 0 Å². The number of aliphatic carboxylic acids is 1. The van der Waals surface area contributed by atoms with Gasteiger partial charge in [-0.15, -0.1) is 0 Å². The van der Waals surface area contributed by atoms with Crippen LogP contribution in [0.3, 0.4) is 0 Å². The lowest BCUT2D eigenvalue weighted by Crippen LogP contribution is -2.17. The van der Waals surface area contributed by atoms with E-state index in [1.165, 1.54) is 6.92 Å². The van der Waals surface area contributed by atoms with Gasteiger partial charge in [0.15, 0.2) is 11.6 Å². The number of rotatable bonds is 2. The second-order valence-corrected chi connectivity index (χ2v) is 3.61. The van der Waals surface area contributed by atoms with Gasteiger partial charge in [0.2, 0.25) is 5.95 Å². The summed E-state index contributed by atoms with van der Waals surface area (Å²) in [6, 6.07) is 0.754. The molecule has 2 rings (SSSR count). The summed E-state index contributed by atoms with van der Waals surface area (Å²) in [6.45, 7) is 1.38. The molecule has 0 aliphatic carbocycles. The zero-order valence-corrected chi connectivity index (χ0v) is 8.82. The van der Waals surface area contributed by atoms with Gasteiger partial charge in [-0.2, -0.15) is 0 Å². The number of nitrogens with two attached hydrogens (primary N) is 1. The number of imidazole rings is 1. The molecule has 5 nitrogen and oxygen atoms in total. The lowest BCUT2D eigenvalue weighted by atomic mass is 10.2. The molecule has 0 fully saturated rings. The van der Waals surface area contributed by atoms with Gasteiger partial charge in [-0.3, -0.25) is 4.57 Å². The second kappa shape index (κ2) is 3.69. The first-order chi connectivity index (χ1) is 7.91. The predicted molar refractivity (Wildman–Crippen MR) is 56.4 cm³/mol. The van der Waals surface area contributed by atoms with Crippen LogP contribution in [0, 0.1) is 11.6 Å². The van der Waals surface area contributed by atoms with Gasteiger partial charge < -0.3 is 10.8 Å². The molecule has 1 aromatic carbocycles. The minimum Gasteiger partial charge on any atom is -0.480 e. The van der Waals surface area contributed by atoms with Crippen molar-refractivity contribution in [2.24, 2.45) is 0 Å². The standard InChI is InChI=1S/C10H9F2N3O2/c1-4(9(16)17)15-8-3-6(12)5(11)2-7(8)14-10(15)13/h2-4H,1H3,(H2,13,14)(H,16,17). The number of hydrogen-bond donors (Lipinski definition) is 2. The van der Waals surface area contributed by atoms with Crippen molar-refractivity contribution in [2.45, 2.75) is 13.0 Å². The molecule has 1 unspecified atom stereocenters. The molecule has 7 heteroatoms. The Morgan fingerprint density at radius 3 is 2.65 bits per heavy atom. The Labute approximate surface area is 94.5 Å². The molecule has 3 N–H and O–H groups in total. The van der Waals surface area contributed by atoms with E-state index in [9.17, 15) is 13.6 Å². The summed E-state index contributed by atoms with van der Waals surface area (Å²) in [6.07, 6.45) is 0. The lowest BCUT2D eigenvalue weighted by molar-refractivity contribution is -0.140. The number of aromatic nitrogens is 2. The first kappa shape index (κ1) is 11.3. The van der Waals surface area contributed by atoms with Crippen LogP contribution in [0.4, 0.5) is 14.7 Å². The van der Waals surface area contributed by atoms with E-state index in [4.69, 9.17) is 10.8 Å². The van der Waals surface area contributed by atoms with Gasteiger partial charge in [-0.25, -0.2) is 18.6 Å². The van der Waals surface area contributed by atoms with Gasteiger partial charge in [-0.05, 0) is 6.92 Å². The molecule has 90 valence electrons. The van der Waals surface area contributed by atoms with Crippen LogP contribution in [0.5, 0.6) is 0 Å². The van der Waals surface area contributed by atoms with E-state index in [1.807, 2.05) is 0 Å². The molecule has 1 aromatic heterocycles. The van der Waals surface area contributed by atoms with Crippen LogP contribution in [-0.2, 0) is 4.79 Å². The summed E-state index contributed by atoms with van der Waals surface area (Å²) in [5, 5.41) is 8.89. The monoisotopic (exact) mass is 241 g/mol. The topological polar surface area (TPSA) is 81.1 Å². The Balaban J connectivity index is 2.75. The molecule has 0 aliphatic heterocycles. The van der Waals surface area contributed by atoms with Crippen LogP contribution in [-0.4, -0.2) is 20.6 Å². The van der Waals surface area contributed by atoms with Crippen LogP contribution >= 0.6 is 0 Å².